The van der Waals surface area contributed by atoms with Crippen LogP contribution in [0.2, 0.25) is 0 Å². The Morgan fingerprint density at radius 1 is 1.05 bits per heavy atom. The Balaban J connectivity index is 2.01. The van der Waals surface area contributed by atoms with Gasteiger partial charge in [-0.05, 0) is 37.0 Å². The number of rotatable bonds is 5. The van der Waals surface area contributed by atoms with Gasteiger partial charge in [-0.15, -0.1) is 0 Å². The molecular formula is C19H30O2. The summed E-state index contributed by atoms with van der Waals surface area (Å²) in [7, 11) is 0. The molecule has 1 unspecified atom stereocenters. The van der Waals surface area contributed by atoms with Crippen LogP contribution >= 0.6 is 0 Å². The van der Waals surface area contributed by atoms with Crippen LogP contribution in [0.3, 0.4) is 0 Å². The molecule has 0 aromatic heterocycles. The molecule has 2 heteroatoms. The molecule has 1 aromatic rings. The summed E-state index contributed by atoms with van der Waals surface area (Å²) in [5.41, 5.74) is 1.31. The smallest absolute Gasteiger partial charge is 0.204 e. The van der Waals surface area contributed by atoms with Crippen molar-refractivity contribution >= 4 is 0 Å². The van der Waals surface area contributed by atoms with Crippen LogP contribution in [0.15, 0.2) is 24.3 Å². The van der Waals surface area contributed by atoms with Crippen molar-refractivity contribution in [3.63, 3.8) is 0 Å². The van der Waals surface area contributed by atoms with E-state index < -0.39 is 0 Å². The van der Waals surface area contributed by atoms with Gasteiger partial charge >= 0.3 is 0 Å². The van der Waals surface area contributed by atoms with Crippen molar-refractivity contribution in [2.24, 2.45) is 5.41 Å². The normalized spacial score (nSPS) is 18.5. The molecule has 0 saturated heterocycles. The second kappa shape index (κ2) is 7.31. The third-order valence-electron chi connectivity index (χ3n) is 4.15. The molecule has 0 radical (unpaired) electrons. The fourth-order valence-electron chi connectivity index (χ4n) is 2.71. The lowest BCUT2D eigenvalue weighted by Gasteiger charge is -2.35. The third-order valence-corrected chi connectivity index (χ3v) is 4.15. The van der Waals surface area contributed by atoms with Crippen LogP contribution in [0.1, 0.15) is 65.4 Å². The zero-order valence-electron chi connectivity index (χ0n) is 14.0. The average Bonchev–Trinajstić information content (AvgIpc) is 2.47. The van der Waals surface area contributed by atoms with E-state index in [-0.39, 0.29) is 11.7 Å². The summed E-state index contributed by atoms with van der Waals surface area (Å²) in [6.45, 7) is 8.71. The van der Waals surface area contributed by atoms with Gasteiger partial charge in [0.05, 0.1) is 6.10 Å². The summed E-state index contributed by atoms with van der Waals surface area (Å²) in [6.07, 6.45) is 7.49. The Kier molecular flexibility index (Phi) is 5.69. The Morgan fingerprint density at radius 2 is 1.67 bits per heavy atom. The van der Waals surface area contributed by atoms with Crippen molar-refractivity contribution in [2.45, 2.75) is 78.6 Å². The maximum atomic E-state index is 6.29. The van der Waals surface area contributed by atoms with Crippen LogP contribution in [-0.4, -0.2) is 12.4 Å². The molecule has 0 amide bonds. The number of benzene rings is 1. The highest BCUT2D eigenvalue weighted by Crippen LogP contribution is 2.30. The molecule has 0 N–H and O–H groups in total. The molecule has 2 rings (SSSR count). The van der Waals surface area contributed by atoms with Gasteiger partial charge < -0.3 is 9.47 Å². The van der Waals surface area contributed by atoms with E-state index in [1.165, 1.54) is 37.7 Å². The molecule has 1 fully saturated rings. The molecule has 1 saturated carbocycles. The zero-order chi connectivity index (χ0) is 15.3. The molecular weight excluding hydrogens is 260 g/mol. The Hall–Kier alpha value is -1.02. The number of hydrogen-bond acceptors (Lipinski definition) is 2. The highest BCUT2D eigenvalue weighted by atomic mass is 16.7. The minimum atomic E-state index is -0.187. The largest absolute Gasteiger partial charge is 0.464 e. The first kappa shape index (κ1) is 16.4. The van der Waals surface area contributed by atoms with E-state index in [1.807, 2.05) is 0 Å². The van der Waals surface area contributed by atoms with Gasteiger partial charge in [0.1, 0.15) is 5.75 Å². The van der Waals surface area contributed by atoms with Crippen molar-refractivity contribution in [1.82, 2.24) is 0 Å². The Bertz CT molecular complexity index is 410. The van der Waals surface area contributed by atoms with E-state index in [0.29, 0.717) is 6.10 Å². The van der Waals surface area contributed by atoms with E-state index >= 15 is 0 Å². The fourth-order valence-corrected chi connectivity index (χ4v) is 2.71. The lowest BCUT2D eigenvalue weighted by Crippen LogP contribution is -2.38. The minimum absolute atomic E-state index is 0.0269. The van der Waals surface area contributed by atoms with Crippen LogP contribution in [0.5, 0.6) is 5.75 Å². The molecule has 21 heavy (non-hydrogen) atoms. The molecule has 2 nitrogen and oxygen atoms in total. The maximum Gasteiger partial charge on any atom is 0.204 e. The molecule has 0 bridgehead atoms. The van der Waals surface area contributed by atoms with Crippen molar-refractivity contribution < 1.29 is 9.47 Å². The topological polar surface area (TPSA) is 18.5 Å². The van der Waals surface area contributed by atoms with Crippen LogP contribution in [-0.2, 0) is 11.2 Å². The maximum absolute atomic E-state index is 6.29. The van der Waals surface area contributed by atoms with Crippen molar-refractivity contribution in [1.29, 1.82) is 0 Å². The molecule has 0 spiro atoms. The molecule has 0 heterocycles. The lowest BCUT2D eigenvalue weighted by atomic mass is 9.94. The van der Waals surface area contributed by atoms with E-state index in [1.54, 1.807) is 0 Å². The summed E-state index contributed by atoms with van der Waals surface area (Å²) in [5, 5.41) is 0. The molecule has 1 aliphatic carbocycles. The van der Waals surface area contributed by atoms with Gasteiger partial charge in [0.2, 0.25) is 6.29 Å². The average molecular weight is 290 g/mol. The van der Waals surface area contributed by atoms with E-state index in [2.05, 4.69) is 52.0 Å². The van der Waals surface area contributed by atoms with Crippen molar-refractivity contribution in [3.05, 3.63) is 29.8 Å². The summed E-state index contributed by atoms with van der Waals surface area (Å²) >= 11 is 0. The van der Waals surface area contributed by atoms with Gasteiger partial charge in [0, 0.05) is 5.41 Å². The summed E-state index contributed by atoms with van der Waals surface area (Å²) in [6, 6.07) is 8.38. The van der Waals surface area contributed by atoms with Crippen LogP contribution in [0, 0.1) is 5.41 Å². The molecule has 118 valence electrons. The quantitative estimate of drug-likeness (QED) is 0.681. The van der Waals surface area contributed by atoms with Gasteiger partial charge in [-0.2, -0.15) is 0 Å². The van der Waals surface area contributed by atoms with Gasteiger partial charge in [0.15, 0.2) is 0 Å². The van der Waals surface area contributed by atoms with Gasteiger partial charge in [0.25, 0.3) is 0 Å². The SMILES string of the molecule is CCc1ccc(OC(OC2CCCCC2)C(C)(C)C)cc1. The molecule has 1 aromatic carbocycles. The van der Waals surface area contributed by atoms with E-state index in [4.69, 9.17) is 9.47 Å². The summed E-state index contributed by atoms with van der Waals surface area (Å²) < 4.78 is 12.5. The summed E-state index contributed by atoms with van der Waals surface area (Å²) in [4.78, 5) is 0. The van der Waals surface area contributed by atoms with E-state index in [9.17, 15) is 0 Å². The highest BCUT2D eigenvalue weighted by Gasteiger charge is 2.30. The zero-order valence-corrected chi connectivity index (χ0v) is 14.0. The Labute approximate surface area is 129 Å². The van der Waals surface area contributed by atoms with Crippen LogP contribution in [0.4, 0.5) is 0 Å². The molecule has 0 aliphatic heterocycles. The minimum Gasteiger partial charge on any atom is -0.464 e. The summed E-state index contributed by atoms with van der Waals surface area (Å²) in [5.74, 6) is 0.905. The van der Waals surface area contributed by atoms with Crippen molar-refractivity contribution in [3.8, 4) is 5.75 Å². The third kappa shape index (κ3) is 5.03. The number of ether oxygens (including phenoxy) is 2. The molecule has 1 atom stereocenters. The first-order chi connectivity index (χ1) is 9.99. The van der Waals surface area contributed by atoms with Crippen LogP contribution < -0.4 is 4.74 Å². The molecule has 1 aliphatic rings. The second-order valence-electron chi connectivity index (χ2n) is 7.21. The van der Waals surface area contributed by atoms with E-state index in [0.717, 1.165) is 12.2 Å². The fraction of sp³-hybridized carbons (Fsp3) is 0.684. The van der Waals surface area contributed by atoms with Gasteiger partial charge in [-0.25, -0.2) is 0 Å². The second-order valence-corrected chi connectivity index (χ2v) is 7.21. The van der Waals surface area contributed by atoms with Crippen molar-refractivity contribution in [2.75, 3.05) is 0 Å². The number of hydrogen-bond donors (Lipinski definition) is 0. The predicted molar refractivity (Wildman–Crippen MR) is 87.6 cm³/mol. The van der Waals surface area contributed by atoms with Gasteiger partial charge in [-0.3, -0.25) is 0 Å². The lowest BCUT2D eigenvalue weighted by molar-refractivity contribution is -0.177. The monoisotopic (exact) mass is 290 g/mol. The Morgan fingerprint density at radius 3 is 2.19 bits per heavy atom. The number of aryl methyl sites for hydroxylation is 1. The standard InChI is InChI=1S/C19H30O2/c1-5-15-11-13-17(14-12-15)21-18(19(2,3)4)20-16-9-7-6-8-10-16/h11-14,16,18H,5-10H2,1-4H3. The van der Waals surface area contributed by atoms with Gasteiger partial charge in [-0.1, -0.05) is 59.1 Å². The first-order valence-electron chi connectivity index (χ1n) is 8.40. The first-order valence-corrected chi connectivity index (χ1v) is 8.40. The van der Waals surface area contributed by atoms with Crippen LogP contribution in [0.25, 0.3) is 0 Å². The highest BCUT2D eigenvalue weighted by molar-refractivity contribution is 5.27. The predicted octanol–water partition coefficient (Wildman–Crippen LogP) is 5.35.